The van der Waals surface area contributed by atoms with E-state index in [0.29, 0.717) is 15.6 Å². The molecule has 1 N–H and O–H groups in total. The van der Waals surface area contributed by atoms with E-state index in [9.17, 15) is 14.4 Å². The molecule has 0 unspecified atom stereocenters. The standard InChI is InChI=1S/C15H13N3O3S2/c1-8-12(15(22)23-10-7-11(19)16-13(10)20)14(21)18(17-8)9-5-3-2-4-6-9/h2-6,10,12H,7H2,1H3,(H,16,19,20)/t10-,12+/m0/s1. The molecule has 2 atom stereocenters. The van der Waals surface area contributed by atoms with Gasteiger partial charge in [0.05, 0.1) is 20.8 Å². The number of para-hydroxylation sites is 1. The quantitative estimate of drug-likeness (QED) is 0.662. The molecule has 8 heteroatoms. The second-order valence-corrected chi connectivity index (χ2v) is 7.14. The van der Waals surface area contributed by atoms with E-state index in [1.807, 2.05) is 18.2 Å². The highest BCUT2D eigenvalue weighted by molar-refractivity contribution is 8.24. The Hall–Kier alpha value is -2.06. The van der Waals surface area contributed by atoms with Crippen molar-refractivity contribution in [3.05, 3.63) is 30.3 Å². The molecule has 1 saturated heterocycles. The summed E-state index contributed by atoms with van der Waals surface area (Å²) in [6, 6.07) is 9.08. The summed E-state index contributed by atoms with van der Waals surface area (Å²) in [5, 5.41) is 7.28. The summed E-state index contributed by atoms with van der Waals surface area (Å²) in [5.41, 5.74) is 1.25. The average molecular weight is 347 g/mol. The number of hydrazone groups is 1. The number of thioether (sulfide) groups is 1. The second kappa shape index (κ2) is 6.21. The monoisotopic (exact) mass is 347 g/mol. The van der Waals surface area contributed by atoms with Crippen molar-refractivity contribution in [2.75, 3.05) is 5.01 Å². The minimum absolute atomic E-state index is 0.0864. The number of nitrogens with zero attached hydrogens (tertiary/aromatic N) is 2. The van der Waals surface area contributed by atoms with E-state index in [1.54, 1.807) is 19.1 Å². The lowest BCUT2D eigenvalue weighted by Crippen LogP contribution is -2.32. The van der Waals surface area contributed by atoms with Crippen LogP contribution in [0.4, 0.5) is 5.69 Å². The number of rotatable bonds is 3. The molecule has 0 radical (unpaired) electrons. The summed E-state index contributed by atoms with van der Waals surface area (Å²) in [7, 11) is 0. The van der Waals surface area contributed by atoms with Crippen LogP contribution < -0.4 is 10.3 Å². The molecule has 118 valence electrons. The Morgan fingerprint density at radius 3 is 2.61 bits per heavy atom. The van der Waals surface area contributed by atoms with Gasteiger partial charge in [-0.1, -0.05) is 30.4 Å². The summed E-state index contributed by atoms with van der Waals surface area (Å²) >= 11 is 6.43. The van der Waals surface area contributed by atoms with Crippen molar-refractivity contribution in [3.63, 3.8) is 0 Å². The predicted molar refractivity (Wildman–Crippen MR) is 92.3 cm³/mol. The minimum atomic E-state index is -0.654. The van der Waals surface area contributed by atoms with E-state index in [4.69, 9.17) is 12.2 Å². The van der Waals surface area contributed by atoms with Crippen LogP contribution in [0.25, 0.3) is 0 Å². The molecule has 1 fully saturated rings. The van der Waals surface area contributed by atoms with E-state index in [-0.39, 0.29) is 24.1 Å². The van der Waals surface area contributed by atoms with Crippen LogP contribution in [-0.2, 0) is 14.4 Å². The number of imide groups is 1. The molecule has 0 aliphatic carbocycles. The zero-order valence-electron chi connectivity index (χ0n) is 12.2. The zero-order valence-corrected chi connectivity index (χ0v) is 13.8. The molecule has 3 amide bonds. The van der Waals surface area contributed by atoms with Gasteiger partial charge < -0.3 is 0 Å². The van der Waals surface area contributed by atoms with E-state index in [1.165, 1.54) is 5.01 Å². The van der Waals surface area contributed by atoms with E-state index < -0.39 is 11.2 Å². The topological polar surface area (TPSA) is 78.8 Å². The molecular formula is C15H13N3O3S2. The van der Waals surface area contributed by atoms with Crippen molar-refractivity contribution in [1.29, 1.82) is 0 Å². The van der Waals surface area contributed by atoms with E-state index in [2.05, 4.69) is 10.4 Å². The number of hydrogen-bond acceptors (Lipinski definition) is 6. The number of anilines is 1. The fraction of sp³-hybridized carbons (Fsp3) is 0.267. The minimum Gasteiger partial charge on any atom is -0.295 e. The summed E-state index contributed by atoms with van der Waals surface area (Å²) in [6.45, 7) is 1.73. The first-order valence-corrected chi connectivity index (χ1v) is 8.24. The number of amides is 3. The molecule has 2 aliphatic rings. The van der Waals surface area contributed by atoms with Gasteiger partial charge in [0.1, 0.15) is 5.92 Å². The van der Waals surface area contributed by atoms with Gasteiger partial charge in [0.2, 0.25) is 11.8 Å². The largest absolute Gasteiger partial charge is 0.295 e. The third-order valence-electron chi connectivity index (χ3n) is 3.55. The Morgan fingerprint density at radius 2 is 2.00 bits per heavy atom. The lowest BCUT2D eigenvalue weighted by Gasteiger charge is -2.15. The van der Waals surface area contributed by atoms with Gasteiger partial charge in [0.15, 0.2) is 0 Å². The number of carbonyl (C=O) groups excluding carboxylic acids is 3. The Morgan fingerprint density at radius 1 is 1.30 bits per heavy atom. The number of hydrogen-bond donors (Lipinski definition) is 1. The van der Waals surface area contributed by atoms with Crippen molar-refractivity contribution >= 4 is 57.3 Å². The normalized spacial score (nSPS) is 24.0. The van der Waals surface area contributed by atoms with Crippen molar-refractivity contribution in [2.24, 2.45) is 11.0 Å². The smallest absolute Gasteiger partial charge is 0.262 e. The van der Waals surface area contributed by atoms with Crippen molar-refractivity contribution in [1.82, 2.24) is 5.32 Å². The maximum atomic E-state index is 12.6. The highest BCUT2D eigenvalue weighted by atomic mass is 32.2. The maximum Gasteiger partial charge on any atom is 0.262 e. The molecule has 0 aromatic heterocycles. The first-order valence-electron chi connectivity index (χ1n) is 6.95. The van der Waals surface area contributed by atoms with Crippen molar-refractivity contribution < 1.29 is 14.4 Å². The van der Waals surface area contributed by atoms with Gasteiger partial charge in [-0.3, -0.25) is 19.7 Å². The SMILES string of the molecule is CC1=NN(c2ccccc2)C(=O)[C@@H]1C(=S)S[C@H]1CC(=O)NC1=O. The first kappa shape index (κ1) is 15.8. The zero-order chi connectivity index (χ0) is 16.6. The van der Waals surface area contributed by atoms with Gasteiger partial charge in [0, 0.05) is 6.42 Å². The summed E-state index contributed by atoms with van der Waals surface area (Å²) in [5.74, 6) is -1.57. The molecule has 0 bridgehead atoms. The van der Waals surface area contributed by atoms with Crippen LogP contribution in [0.5, 0.6) is 0 Å². The second-order valence-electron chi connectivity index (χ2n) is 5.20. The van der Waals surface area contributed by atoms with Crippen LogP contribution in [0.2, 0.25) is 0 Å². The highest BCUT2D eigenvalue weighted by Gasteiger charge is 2.40. The van der Waals surface area contributed by atoms with Gasteiger partial charge in [-0.2, -0.15) is 10.1 Å². The number of thiocarbonyl (C=S) groups is 1. The van der Waals surface area contributed by atoms with Crippen LogP contribution in [0, 0.1) is 5.92 Å². The molecular weight excluding hydrogens is 334 g/mol. The van der Waals surface area contributed by atoms with E-state index in [0.717, 1.165) is 11.8 Å². The summed E-state index contributed by atoms with van der Waals surface area (Å²) in [6.07, 6.45) is 0.0864. The Balaban J connectivity index is 1.75. The van der Waals surface area contributed by atoms with Gasteiger partial charge >= 0.3 is 0 Å². The van der Waals surface area contributed by atoms with Crippen LogP contribution in [0.15, 0.2) is 35.4 Å². The summed E-state index contributed by atoms with van der Waals surface area (Å²) < 4.78 is 0.365. The number of carbonyl (C=O) groups is 3. The fourth-order valence-corrected chi connectivity index (χ4v) is 4.13. The highest BCUT2D eigenvalue weighted by Crippen LogP contribution is 2.31. The molecule has 2 aliphatic heterocycles. The lowest BCUT2D eigenvalue weighted by atomic mass is 10.1. The van der Waals surface area contributed by atoms with Gasteiger partial charge in [0.25, 0.3) is 5.91 Å². The van der Waals surface area contributed by atoms with Crippen LogP contribution >= 0.6 is 24.0 Å². The Bertz CT molecular complexity index is 733. The van der Waals surface area contributed by atoms with Crippen molar-refractivity contribution in [3.8, 4) is 0 Å². The number of benzene rings is 1. The lowest BCUT2D eigenvalue weighted by molar-refractivity contribution is -0.124. The third kappa shape index (κ3) is 3.04. The van der Waals surface area contributed by atoms with Gasteiger partial charge in [-0.25, -0.2) is 0 Å². The van der Waals surface area contributed by atoms with Crippen LogP contribution in [-0.4, -0.2) is 32.9 Å². The van der Waals surface area contributed by atoms with Crippen LogP contribution in [0.3, 0.4) is 0 Å². The molecule has 1 aromatic carbocycles. The molecule has 1 aromatic rings. The average Bonchev–Trinajstić information content (AvgIpc) is 2.98. The fourth-order valence-electron chi connectivity index (χ4n) is 2.42. The Kier molecular flexibility index (Phi) is 4.27. The van der Waals surface area contributed by atoms with Gasteiger partial charge in [-0.15, -0.1) is 11.8 Å². The molecule has 2 heterocycles. The summed E-state index contributed by atoms with van der Waals surface area (Å²) in [4.78, 5) is 35.5. The Labute approximate surface area is 142 Å². The molecule has 23 heavy (non-hydrogen) atoms. The maximum absolute atomic E-state index is 12.6. The molecule has 0 saturated carbocycles. The number of nitrogens with one attached hydrogen (secondary N) is 1. The third-order valence-corrected chi connectivity index (χ3v) is 5.21. The first-order chi connectivity index (χ1) is 11.0. The molecule has 0 spiro atoms. The predicted octanol–water partition coefficient (Wildman–Crippen LogP) is 1.50. The van der Waals surface area contributed by atoms with E-state index >= 15 is 0 Å². The van der Waals surface area contributed by atoms with Crippen LogP contribution in [0.1, 0.15) is 13.3 Å². The van der Waals surface area contributed by atoms with Gasteiger partial charge in [-0.05, 0) is 19.1 Å². The van der Waals surface area contributed by atoms with Crippen molar-refractivity contribution in [2.45, 2.75) is 18.6 Å². The molecule has 3 rings (SSSR count). The molecule has 6 nitrogen and oxygen atoms in total.